The lowest BCUT2D eigenvalue weighted by molar-refractivity contribution is -0.137. The van der Waals surface area contributed by atoms with E-state index in [-0.39, 0.29) is 4.47 Å². The largest absolute Gasteiger partial charge is 0.416 e. The molecule has 0 spiro atoms. The monoisotopic (exact) mass is 265 g/mol. The fraction of sp³-hybridized carbons (Fsp3) is 0.143. The van der Waals surface area contributed by atoms with Gasteiger partial charge in [-0.2, -0.15) is 13.2 Å². The molecular weight excluding hydrogens is 263 g/mol. The third-order valence-electron chi connectivity index (χ3n) is 1.42. The summed E-state index contributed by atoms with van der Waals surface area (Å²) in [4.78, 5) is 2.32. The second kappa shape index (κ2) is 3.89. The number of halogens is 4. The van der Waals surface area contributed by atoms with Gasteiger partial charge in [0.1, 0.15) is 0 Å². The van der Waals surface area contributed by atoms with E-state index in [1.807, 2.05) is 0 Å². The van der Waals surface area contributed by atoms with Gasteiger partial charge in [0.25, 0.3) is 0 Å². The average molecular weight is 266 g/mol. The predicted octanol–water partition coefficient (Wildman–Crippen LogP) is 4.41. The number of benzene rings is 1. The van der Waals surface area contributed by atoms with E-state index >= 15 is 0 Å². The van der Waals surface area contributed by atoms with Gasteiger partial charge in [0.15, 0.2) is 0 Å². The maximum atomic E-state index is 12.3. The molecule has 0 radical (unpaired) electrons. The maximum Gasteiger partial charge on any atom is 0.416 e. The Morgan fingerprint density at radius 1 is 1.36 bits per heavy atom. The van der Waals surface area contributed by atoms with Crippen molar-refractivity contribution < 1.29 is 13.2 Å². The highest BCUT2D eigenvalue weighted by molar-refractivity contribution is 9.10. The Morgan fingerprint density at radius 2 is 2.00 bits per heavy atom. The lowest BCUT2D eigenvalue weighted by Crippen LogP contribution is -2.04. The fourth-order valence-electron chi connectivity index (χ4n) is 0.871. The third-order valence-corrected chi connectivity index (χ3v) is 1.91. The van der Waals surface area contributed by atoms with Gasteiger partial charge in [0, 0.05) is 15.1 Å². The predicted molar refractivity (Wildman–Crippen MR) is 48.0 cm³/mol. The van der Waals surface area contributed by atoms with Crippen molar-refractivity contribution in [3.05, 3.63) is 38.7 Å². The summed E-state index contributed by atoms with van der Waals surface area (Å²) in [6.45, 7) is 0. The topological polar surface area (TPSA) is 48.8 Å². The van der Waals surface area contributed by atoms with Crippen molar-refractivity contribution in [1.29, 1.82) is 0 Å². The lowest BCUT2D eigenvalue weighted by Gasteiger charge is -2.09. The number of nitrogens with zero attached hydrogens (tertiary/aromatic N) is 3. The molecule has 1 rings (SSSR count). The molecule has 0 aromatic heterocycles. The molecule has 3 nitrogen and oxygen atoms in total. The van der Waals surface area contributed by atoms with E-state index in [9.17, 15) is 13.2 Å². The average Bonchev–Trinajstić information content (AvgIpc) is 2.07. The van der Waals surface area contributed by atoms with Gasteiger partial charge in [-0.25, -0.2) is 0 Å². The molecule has 0 unspecified atom stereocenters. The van der Waals surface area contributed by atoms with Gasteiger partial charge in [0.2, 0.25) is 0 Å². The summed E-state index contributed by atoms with van der Waals surface area (Å²) in [5.41, 5.74) is 6.68. The summed E-state index contributed by atoms with van der Waals surface area (Å²) < 4.78 is 37.3. The Bertz CT molecular complexity index is 396. The minimum absolute atomic E-state index is 0.279. The summed E-state index contributed by atoms with van der Waals surface area (Å²) >= 11 is 2.91. The normalized spacial score (nSPS) is 10.9. The van der Waals surface area contributed by atoms with Gasteiger partial charge in [-0.15, -0.1) is 0 Å². The Hall–Kier alpha value is -1.20. The van der Waals surface area contributed by atoms with Crippen LogP contribution >= 0.6 is 15.9 Å². The van der Waals surface area contributed by atoms with Gasteiger partial charge >= 0.3 is 6.18 Å². The standard InChI is InChI=1S/C7H3BrF3N3/c8-4-1-2-6(13-14-12)5(3-4)7(9,10)11/h1-3H. The first-order valence-corrected chi connectivity index (χ1v) is 4.16. The van der Waals surface area contributed by atoms with Gasteiger partial charge in [0.05, 0.1) is 5.56 Å². The van der Waals surface area contributed by atoms with E-state index in [1.165, 1.54) is 6.07 Å². The zero-order chi connectivity index (χ0) is 10.8. The van der Waals surface area contributed by atoms with Gasteiger partial charge in [-0.05, 0) is 17.7 Å². The van der Waals surface area contributed by atoms with Crippen LogP contribution < -0.4 is 0 Å². The van der Waals surface area contributed by atoms with Gasteiger partial charge in [-0.1, -0.05) is 27.1 Å². The van der Waals surface area contributed by atoms with Crippen molar-refractivity contribution in [2.24, 2.45) is 5.11 Å². The second-order valence-electron chi connectivity index (χ2n) is 2.35. The molecule has 0 aliphatic carbocycles. The minimum Gasteiger partial charge on any atom is -0.166 e. The summed E-state index contributed by atoms with van der Waals surface area (Å²) in [6.07, 6.45) is -4.52. The number of azide groups is 1. The molecule has 0 aliphatic heterocycles. The van der Waals surface area contributed by atoms with Crippen LogP contribution in [0.1, 0.15) is 5.56 Å². The van der Waals surface area contributed by atoms with Crippen LogP contribution in [0.25, 0.3) is 10.4 Å². The minimum atomic E-state index is -4.52. The van der Waals surface area contributed by atoms with E-state index in [2.05, 4.69) is 26.0 Å². The smallest absolute Gasteiger partial charge is 0.166 e. The first-order chi connectivity index (χ1) is 6.45. The molecule has 7 heteroatoms. The highest BCUT2D eigenvalue weighted by Crippen LogP contribution is 2.37. The molecule has 0 amide bonds. The molecule has 14 heavy (non-hydrogen) atoms. The van der Waals surface area contributed by atoms with Gasteiger partial charge < -0.3 is 0 Å². The second-order valence-corrected chi connectivity index (χ2v) is 3.26. The third kappa shape index (κ3) is 2.40. The molecule has 0 heterocycles. The molecular formula is C7H3BrF3N3. The Balaban J connectivity index is 3.37. The fourth-order valence-corrected chi connectivity index (χ4v) is 1.23. The lowest BCUT2D eigenvalue weighted by atomic mass is 10.2. The van der Waals surface area contributed by atoms with Crippen LogP contribution in [0, 0.1) is 0 Å². The SMILES string of the molecule is [N-]=[N+]=Nc1ccc(Br)cc1C(F)(F)F. The molecule has 1 aromatic carbocycles. The zero-order valence-electron chi connectivity index (χ0n) is 6.59. The highest BCUT2D eigenvalue weighted by Gasteiger charge is 2.33. The Morgan fingerprint density at radius 3 is 2.50 bits per heavy atom. The van der Waals surface area contributed by atoms with E-state index in [0.717, 1.165) is 12.1 Å². The molecule has 0 atom stereocenters. The Kier molecular flexibility index (Phi) is 3.03. The summed E-state index contributed by atoms with van der Waals surface area (Å²) in [6, 6.07) is 3.34. The maximum absolute atomic E-state index is 12.3. The summed E-state index contributed by atoms with van der Waals surface area (Å²) in [5.74, 6) is 0. The van der Waals surface area contributed by atoms with Crippen molar-refractivity contribution in [3.63, 3.8) is 0 Å². The quantitative estimate of drug-likeness (QED) is 0.410. The van der Waals surface area contributed by atoms with Crippen LogP contribution in [0.4, 0.5) is 18.9 Å². The molecule has 0 saturated heterocycles. The van der Waals surface area contributed by atoms with Crippen LogP contribution in [0.5, 0.6) is 0 Å². The van der Waals surface area contributed by atoms with E-state index in [4.69, 9.17) is 5.53 Å². The van der Waals surface area contributed by atoms with Crippen LogP contribution in [0.2, 0.25) is 0 Å². The first kappa shape index (κ1) is 10.9. The van der Waals surface area contributed by atoms with Crippen molar-refractivity contribution in [3.8, 4) is 0 Å². The van der Waals surface area contributed by atoms with Gasteiger partial charge in [-0.3, -0.25) is 0 Å². The molecule has 1 aromatic rings. The molecule has 0 saturated carbocycles. The van der Waals surface area contributed by atoms with Crippen LogP contribution in [0.15, 0.2) is 27.8 Å². The van der Waals surface area contributed by atoms with Crippen LogP contribution in [-0.2, 0) is 6.18 Å². The molecule has 74 valence electrons. The molecule has 0 aliphatic rings. The van der Waals surface area contributed by atoms with Crippen molar-refractivity contribution >= 4 is 21.6 Å². The van der Waals surface area contributed by atoms with Crippen molar-refractivity contribution in [1.82, 2.24) is 0 Å². The Labute approximate surface area is 85.3 Å². The van der Waals surface area contributed by atoms with E-state index in [0.29, 0.717) is 0 Å². The number of hydrogen-bond acceptors (Lipinski definition) is 1. The highest BCUT2D eigenvalue weighted by atomic mass is 79.9. The van der Waals surface area contributed by atoms with Crippen LogP contribution in [0.3, 0.4) is 0 Å². The zero-order valence-corrected chi connectivity index (χ0v) is 8.17. The molecule has 0 bridgehead atoms. The summed E-state index contributed by atoms with van der Waals surface area (Å²) in [5, 5.41) is 2.95. The molecule has 0 fully saturated rings. The van der Waals surface area contributed by atoms with Crippen molar-refractivity contribution in [2.45, 2.75) is 6.18 Å². The number of rotatable bonds is 1. The number of hydrogen-bond donors (Lipinski definition) is 0. The molecule has 0 N–H and O–H groups in total. The van der Waals surface area contributed by atoms with E-state index in [1.54, 1.807) is 0 Å². The van der Waals surface area contributed by atoms with E-state index < -0.39 is 17.4 Å². The van der Waals surface area contributed by atoms with Crippen molar-refractivity contribution in [2.75, 3.05) is 0 Å². The first-order valence-electron chi connectivity index (χ1n) is 3.37. The van der Waals surface area contributed by atoms with Crippen LogP contribution in [-0.4, -0.2) is 0 Å². The number of alkyl halides is 3. The summed E-state index contributed by atoms with van der Waals surface area (Å²) in [7, 11) is 0.